The normalized spacial score (nSPS) is 11.8. The van der Waals surface area contributed by atoms with Crippen molar-refractivity contribution < 1.29 is 31.9 Å². The van der Waals surface area contributed by atoms with Crippen LogP contribution < -0.4 is 19.1 Å². The number of amides is 2. The minimum atomic E-state index is -4.31. The van der Waals surface area contributed by atoms with Crippen LogP contribution in [0.3, 0.4) is 0 Å². The van der Waals surface area contributed by atoms with Crippen LogP contribution in [0, 0.1) is 5.82 Å². The number of anilines is 1. The average Bonchev–Trinajstić information content (AvgIpc) is 2.99. The molecule has 3 aromatic carbocycles. The second-order valence-corrected chi connectivity index (χ2v) is 11.4. The predicted molar refractivity (Wildman–Crippen MR) is 159 cm³/mol. The Morgan fingerprint density at radius 1 is 0.976 bits per heavy atom. The molecular weight excluding hydrogens is 561 g/mol. The number of rotatable bonds is 15. The van der Waals surface area contributed by atoms with E-state index < -0.39 is 34.3 Å². The molecule has 226 valence electrons. The summed E-state index contributed by atoms with van der Waals surface area (Å²) in [6.45, 7) is 5.75. The van der Waals surface area contributed by atoms with Crippen LogP contribution in [0.4, 0.5) is 10.1 Å². The summed E-state index contributed by atoms with van der Waals surface area (Å²) in [6.07, 6.45) is 1.67. The molecule has 0 aliphatic carbocycles. The molecule has 0 radical (unpaired) electrons. The number of ether oxygens (including phenoxy) is 2. The number of methoxy groups -OCH3 is 1. The quantitative estimate of drug-likeness (QED) is 0.253. The van der Waals surface area contributed by atoms with Gasteiger partial charge in [-0.3, -0.25) is 13.9 Å². The smallest absolute Gasteiger partial charge is 0.264 e. The molecule has 0 aliphatic rings. The van der Waals surface area contributed by atoms with Gasteiger partial charge in [-0.1, -0.05) is 25.5 Å². The van der Waals surface area contributed by atoms with E-state index in [1.54, 1.807) is 43.3 Å². The van der Waals surface area contributed by atoms with Crippen molar-refractivity contribution in [3.63, 3.8) is 0 Å². The molecule has 0 aromatic heterocycles. The molecule has 0 unspecified atom stereocenters. The summed E-state index contributed by atoms with van der Waals surface area (Å²) < 4.78 is 53.1. The summed E-state index contributed by atoms with van der Waals surface area (Å²) in [6, 6.07) is 16.8. The van der Waals surface area contributed by atoms with Crippen molar-refractivity contribution in [1.29, 1.82) is 0 Å². The van der Waals surface area contributed by atoms with Crippen molar-refractivity contribution in [1.82, 2.24) is 10.2 Å². The Kier molecular flexibility index (Phi) is 11.7. The van der Waals surface area contributed by atoms with Crippen LogP contribution in [-0.2, 0) is 26.2 Å². The number of halogens is 1. The number of hydrogen-bond acceptors (Lipinski definition) is 6. The molecule has 0 spiro atoms. The highest BCUT2D eigenvalue weighted by Crippen LogP contribution is 2.27. The minimum absolute atomic E-state index is 0.0338. The van der Waals surface area contributed by atoms with Crippen molar-refractivity contribution in [3.8, 4) is 11.5 Å². The lowest BCUT2D eigenvalue weighted by Gasteiger charge is -2.32. The predicted octanol–water partition coefficient (Wildman–Crippen LogP) is 4.76. The Balaban J connectivity index is 2.01. The first-order chi connectivity index (χ1) is 20.1. The highest BCUT2D eigenvalue weighted by atomic mass is 32.2. The van der Waals surface area contributed by atoms with Gasteiger partial charge in [0.25, 0.3) is 10.0 Å². The van der Waals surface area contributed by atoms with E-state index in [-0.39, 0.29) is 23.0 Å². The highest BCUT2D eigenvalue weighted by molar-refractivity contribution is 7.92. The third kappa shape index (κ3) is 8.45. The topological polar surface area (TPSA) is 105 Å². The molecule has 11 heteroatoms. The van der Waals surface area contributed by atoms with Crippen molar-refractivity contribution in [2.45, 2.75) is 51.1 Å². The molecule has 3 aromatic rings. The van der Waals surface area contributed by atoms with Crippen LogP contribution in [0.15, 0.2) is 77.7 Å². The fourth-order valence-corrected chi connectivity index (χ4v) is 5.64. The van der Waals surface area contributed by atoms with E-state index >= 15 is 0 Å². The zero-order chi connectivity index (χ0) is 30.7. The molecule has 0 saturated heterocycles. The Bertz CT molecular complexity index is 1430. The molecule has 0 fully saturated rings. The van der Waals surface area contributed by atoms with E-state index in [0.29, 0.717) is 30.2 Å². The molecule has 3 rings (SSSR count). The monoisotopic (exact) mass is 599 g/mol. The molecule has 0 heterocycles. The molecule has 1 atom stereocenters. The number of nitrogens with zero attached hydrogens (tertiary/aromatic N) is 2. The third-order valence-electron chi connectivity index (χ3n) is 6.60. The van der Waals surface area contributed by atoms with Crippen molar-refractivity contribution in [2.24, 2.45) is 0 Å². The first kappa shape index (κ1) is 32.4. The summed E-state index contributed by atoms with van der Waals surface area (Å²) >= 11 is 0. The lowest BCUT2D eigenvalue weighted by Crippen LogP contribution is -2.51. The number of unbranched alkanes of at least 4 members (excludes halogenated alkanes) is 1. The molecule has 0 aliphatic heterocycles. The Morgan fingerprint density at radius 2 is 1.67 bits per heavy atom. The number of hydrogen-bond donors (Lipinski definition) is 1. The SMILES string of the molecule is CCCCNC(=O)[C@@H](C)N(Cc1cccc(OC)c1)C(=O)CN(c1ccc(OCC)cc1)S(=O)(=O)c1ccc(F)cc1. The van der Waals surface area contributed by atoms with Gasteiger partial charge in [0, 0.05) is 13.1 Å². The molecule has 2 amide bonds. The lowest BCUT2D eigenvalue weighted by molar-refractivity contribution is -0.139. The summed E-state index contributed by atoms with van der Waals surface area (Å²) in [5, 5.41) is 2.85. The first-order valence-electron chi connectivity index (χ1n) is 13.8. The standard InChI is InChI=1S/C31H38FN3O6S/c1-5-7-19-33-31(37)23(3)34(21-24-9-8-10-28(20-24)40-4)30(36)22-35(26-13-15-27(16-14-26)41-6-2)42(38,39)29-17-11-25(32)12-18-29/h8-18,20,23H,5-7,19,21-22H2,1-4H3,(H,33,37)/t23-/m1/s1. The number of carbonyl (C=O) groups excluding carboxylic acids is 2. The summed E-state index contributed by atoms with van der Waals surface area (Å²) in [5.74, 6) is -0.437. The van der Waals surface area contributed by atoms with Crippen LogP contribution in [0.5, 0.6) is 11.5 Å². The van der Waals surface area contributed by atoms with Gasteiger partial charge in [0.15, 0.2) is 0 Å². The number of carbonyl (C=O) groups is 2. The molecule has 9 nitrogen and oxygen atoms in total. The Morgan fingerprint density at radius 3 is 2.29 bits per heavy atom. The van der Waals surface area contributed by atoms with E-state index in [1.165, 1.54) is 24.1 Å². The highest BCUT2D eigenvalue weighted by Gasteiger charge is 2.32. The first-order valence-corrected chi connectivity index (χ1v) is 15.3. The van der Waals surface area contributed by atoms with Gasteiger partial charge < -0.3 is 19.7 Å². The van der Waals surface area contributed by atoms with E-state index in [4.69, 9.17) is 9.47 Å². The summed E-state index contributed by atoms with van der Waals surface area (Å²) in [7, 11) is -2.79. The number of nitrogens with one attached hydrogen (secondary N) is 1. The Hall–Kier alpha value is -4.12. The van der Waals surface area contributed by atoms with Crippen LogP contribution in [-0.4, -0.2) is 58.0 Å². The van der Waals surface area contributed by atoms with Gasteiger partial charge in [0.1, 0.15) is 29.9 Å². The average molecular weight is 600 g/mol. The van der Waals surface area contributed by atoms with Crippen molar-refractivity contribution >= 4 is 27.5 Å². The van der Waals surface area contributed by atoms with E-state index in [1.807, 2.05) is 13.8 Å². The summed E-state index contributed by atoms with van der Waals surface area (Å²) in [5.41, 5.74) is 0.905. The number of benzene rings is 3. The fourth-order valence-electron chi connectivity index (χ4n) is 4.22. The lowest BCUT2D eigenvalue weighted by atomic mass is 10.1. The largest absolute Gasteiger partial charge is 0.497 e. The Labute approximate surface area is 247 Å². The number of sulfonamides is 1. The zero-order valence-electron chi connectivity index (χ0n) is 24.4. The van der Waals surface area contributed by atoms with Crippen LogP contribution in [0.2, 0.25) is 0 Å². The van der Waals surface area contributed by atoms with Crippen molar-refractivity contribution in [2.75, 3.05) is 31.1 Å². The maximum Gasteiger partial charge on any atom is 0.264 e. The maximum atomic E-state index is 14.0. The van der Waals surface area contributed by atoms with Gasteiger partial charge in [0.05, 0.1) is 24.3 Å². The van der Waals surface area contributed by atoms with Gasteiger partial charge in [-0.25, -0.2) is 12.8 Å². The van der Waals surface area contributed by atoms with Crippen LogP contribution in [0.25, 0.3) is 0 Å². The minimum Gasteiger partial charge on any atom is -0.497 e. The van der Waals surface area contributed by atoms with Gasteiger partial charge in [-0.05, 0) is 86.5 Å². The van der Waals surface area contributed by atoms with Gasteiger partial charge >= 0.3 is 0 Å². The molecule has 42 heavy (non-hydrogen) atoms. The summed E-state index contributed by atoms with van der Waals surface area (Å²) in [4.78, 5) is 28.2. The van der Waals surface area contributed by atoms with Crippen molar-refractivity contribution in [3.05, 3.63) is 84.2 Å². The van der Waals surface area contributed by atoms with E-state index in [2.05, 4.69) is 5.32 Å². The maximum absolute atomic E-state index is 14.0. The molecule has 1 N–H and O–H groups in total. The van der Waals surface area contributed by atoms with Crippen LogP contribution in [0.1, 0.15) is 39.2 Å². The third-order valence-corrected chi connectivity index (χ3v) is 8.39. The molecular formula is C31H38FN3O6S. The van der Waals surface area contributed by atoms with Gasteiger partial charge in [0.2, 0.25) is 11.8 Å². The second-order valence-electron chi connectivity index (χ2n) is 9.59. The second kappa shape index (κ2) is 15.2. The van der Waals surface area contributed by atoms with Gasteiger partial charge in [-0.2, -0.15) is 0 Å². The van der Waals surface area contributed by atoms with E-state index in [9.17, 15) is 22.4 Å². The fraction of sp³-hybridized carbons (Fsp3) is 0.355. The zero-order valence-corrected chi connectivity index (χ0v) is 25.2. The van der Waals surface area contributed by atoms with E-state index in [0.717, 1.165) is 41.4 Å². The van der Waals surface area contributed by atoms with Gasteiger partial charge in [-0.15, -0.1) is 0 Å². The van der Waals surface area contributed by atoms with Crippen LogP contribution >= 0.6 is 0 Å². The molecule has 0 saturated carbocycles. The molecule has 0 bridgehead atoms.